The Kier molecular flexibility index (Phi) is 5.92. The van der Waals surface area contributed by atoms with E-state index < -0.39 is 0 Å². The van der Waals surface area contributed by atoms with E-state index in [0.717, 1.165) is 18.7 Å². The largest absolute Gasteiger partial charge is 0.313 e. The van der Waals surface area contributed by atoms with Crippen LogP contribution in [0.3, 0.4) is 0 Å². The number of para-hydroxylation sites is 1. The van der Waals surface area contributed by atoms with Crippen LogP contribution in [0.4, 0.5) is 0 Å². The third-order valence-corrected chi connectivity index (χ3v) is 4.77. The summed E-state index contributed by atoms with van der Waals surface area (Å²) in [6.07, 6.45) is 2.25. The van der Waals surface area contributed by atoms with Crippen molar-refractivity contribution in [3.8, 4) is 0 Å². The number of benzene rings is 1. The Morgan fingerprint density at radius 2 is 2.10 bits per heavy atom. The molecule has 1 N–H and O–H groups in total. The van der Waals surface area contributed by atoms with Crippen molar-refractivity contribution in [1.82, 2.24) is 15.1 Å². The summed E-state index contributed by atoms with van der Waals surface area (Å²) in [6.45, 7) is 5.43. The maximum Gasteiger partial charge on any atom is 0.0719 e. The molecular formula is C16H25N3S. The van der Waals surface area contributed by atoms with Gasteiger partial charge < -0.3 is 5.32 Å². The summed E-state index contributed by atoms with van der Waals surface area (Å²) in [5.74, 6) is 2.40. The lowest BCUT2D eigenvalue weighted by molar-refractivity contribution is 0.563. The van der Waals surface area contributed by atoms with Crippen molar-refractivity contribution in [2.24, 2.45) is 7.05 Å². The first-order chi connectivity index (χ1) is 9.76. The summed E-state index contributed by atoms with van der Waals surface area (Å²) in [5, 5.41) is 9.59. The first-order valence-electron chi connectivity index (χ1n) is 7.48. The molecule has 2 rings (SSSR count). The highest BCUT2D eigenvalue weighted by molar-refractivity contribution is 7.99. The van der Waals surface area contributed by atoms with Crippen molar-refractivity contribution in [1.29, 1.82) is 0 Å². The van der Waals surface area contributed by atoms with Crippen LogP contribution in [0.15, 0.2) is 24.3 Å². The Bertz CT molecular complexity index is 536. The molecule has 0 aliphatic rings. The van der Waals surface area contributed by atoms with Gasteiger partial charge in [-0.15, -0.1) is 0 Å². The fourth-order valence-electron chi connectivity index (χ4n) is 2.52. The van der Waals surface area contributed by atoms with E-state index in [1.165, 1.54) is 28.8 Å². The molecule has 0 bridgehead atoms. The molecule has 0 amide bonds. The Hall–Kier alpha value is -1.00. The number of aromatic nitrogens is 2. The number of likely N-dealkylation sites (N-methyl/N-ethyl adjacent to an activating group) is 1. The van der Waals surface area contributed by atoms with Crippen LogP contribution in [0.2, 0.25) is 0 Å². The third-order valence-electron chi connectivity index (χ3n) is 3.43. The number of nitrogens with zero attached hydrogens (tertiary/aromatic N) is 2. The molecule has 0 radical (unpaired) electrons. The van der Waals surface area contributed by atoms with Crippen LogP contribution in [0.5, 0.6) is 0 Å². The van der Waals surface area contributed by atoms with Gasteiger partial charge in [0.05, 0.1) is 11.2 Å². The summed E-state index contributed by atoms with van der Waals surface area (Å²) in [4.78, 5) is 0. The summed E-state index contributed by atoms with van der Waals surface area (Å²) in [6, 6.07) is 9.00. The van der Waals surface area contributed by atoms with E-state index in [1.807, 2.05) is 23.5 Å². The van der Waals surface area contributed by atoms with Crippen LogP contribution in [0.25, 0.3) is 10.9 Å². The van der Waals surface area contributed by atoms with Gasteiger partial charge in [-0.05, 0) is 24.8 Å². The minimum absolute atomic E-state index is 0.509. The lowest BCUT2D eigenvalue weighted by Gasteiger charge is -2.16. The number of fused-ring (bicyclic) bond motifs is 1. The molecule has 2 aromatic rings. The summed E-state index contributed by atoms with van der Waals surface area (Å²) < 4.78 is 1.99. The van der Waals surface area contributed by atoms with Crippen LogP contribution in [-0.2, 0) is 13.5 Å². The zero-order valence-electron chi connectivity index (χ0n) is 12.7. The van der Waals surface area contributed by atoms with Gasteiger partial charge in [-0.1, -0.05) is 32.0 Å². The Balaban J connectivity index is 2.11. The number of hydrogen-bond acceptors (Lipinski definition) is 3. The van der Waals surface area contributed by atoms with Crippen LogP contribution in [0.1, 0.15) is 26.0 Å². The maximum atomic E-state index is 4.71. The van der Waals surface area contributed by atoms with Gasteiger partial charge >= 0.3 is 0 Å². The molecular weight excluding hydrogens is 266 g/mol. The molecule has 110 valence electrons. The molecule has 0 aliphatic carbocycles. The summed E-state index contributed by atoms with van der Waals surface area (Å²) in [5.41, 5.74) is 2.44. The molecule has 20 heavy (non-hydrogen) atoms. The average molecular weight is 291 g/mol. The van der Waals surface area contributed by atoms with Gasteiger partial charge in [-0.25, -0.2) is 0 Å². The van der Waals surface area contributed by atoms with Crippen molar-refractivity contribution >= 4 is 22.7 Å². The van der Waals surface area contributed by atoms with Crippen LogP contribution >= 0.6 is 11.8 Å². The molecule has 0 saturated carbocycles. The van der Waals surface area contributed by atoms with Crippen molar-refractivity contribution in [3.63, 3.8) is 0 Å². The van der Waals surface area contributed by atoms with Gasteiger partial charge in [0.15, 0.2) is 0 Å². The molecule has 1 unspecified atom stereocenters. The summed E-state index contributed by atoms with van der Waals surface area (Å²) in [7, 11) is 2.03. The van der Waals surface area contributed by atoms with Crippen LogP contribution < -0.4 is 5.32 Å². The smallest absolute Gasteiger partial charge is 0.0719 e. The number of thioether (sulfide) groups is 1. The van der Waals surface area contributed by atoms with Crippen LogP contribution in [0, 0.1) is 0 Å². The Morgan fingerprint density at radius 1 is 1.30 bits per heavy atom. The van der Waals surface area contributed by atoms with E-state index >= 15 is 0 Å². The topological polar surface area (TPSA) is 29.9 Å². The molecule has 0 spiro atoms. The van der Waals surface area contributed by atoms with Crippen molar-refractivity contribution in [3.05, 3.63) is 30.0 Å². The molecule has 0 aliphatic heterocycles. The number of aryl methyl sites for hydroxylation is 1. The van der Waals surface area contributed by atoms with Gasteiger partial charge in [0.2, 0.25) is 0 Å². The quantitative estimate of drug-likeness (QED) is 0.757. The SMILES string of the molecule is CCCSCC(Cc1nn(C)c2ccccc12)NCC. The Morgan fingerprint density at radius 3 is 2.85 bits per heavy atom. The lowest BCUT2D eigenvalue weighted by Crippen LogP contribution is -2.33. The Labute approximate surface area is 126 Å². The molecule has 0 saturated heterocycles. The normalized spacial score (nSPS) is 12.9. The van der Waals surface area contributed by atoms with E-state index in [9.17, 15) is 0 Å². The van der Waals surface area contributed by atoms with Crippen LogP contribution in [-0.4, -0.2) is 33.9 Å². The number of hydrogen-bond donors (Lipinski definition) is 1. The number of rotatable bonds is 8. The van der Waals surface area contributed by atoms with E-state index in [2.05, 4.69) is 43.4 Å². The second-order valence-electron chi connectivity index (χ2n) is 5.12. The van der Waals surface area contributed by atoms with Gasteiger partial charge in [0.1, 0.15) is 0 Å². The third kappa shape index (κ3) is 3.76. The monoisotopic (exact) mass is 291 g/mol. The average Bonchev–Trinajstić information content (AvgIpc) is 2.77. The zero-order valence-corrected chi connectivity index (χ0v) is 13.5. The standard InChI is InChI=1S/C16H25N3S/c1-4-10-20-12-13(17-5-2)11-15-14-8-6-7-9-16(14)19(3)18-15/h6-9,13,17H,4-5,10-12H2,1-3H3. The predicted octanol–water partition coefficient (Wildman–Crippen LogP) is 3.24. The van der Waals surface area contributed by atoms with Crippen molar-refractivity contribution in [2.45, 2.75) is 32.7 Å². The predicted molar refractivity (Wildman–Crippen MR) is 89.5 cm³/mol. The highest BCUT2D eigenvalue weighted by Crippen LogP contribution is 2.19. The van der Waals surface area contributed by atoms with E-state index in [0.29, 0.717) is 6.04 Å². The molecule has 3 nitrogen and oxygen atoms in total. The fourth-order valence-corrected chi connectivity index (χ4v) is 3.50. The van der Waals surface area contributed by atoms with E-state index in [4.69, 9.17) is 5.10 Å². The highest BCUT2D eigenvalue weighted by Gasteiger charge is 2.14. The molecule has 1 aromatic carbocycles. The van der Waals surface area contributed by atoms with E-state index in [1.54, 1.807) is 0 Å². The first-order valence-corrected chi connectivity index (χ1v) is 8.63. The second kappa shape index (κ2) is 7.70. The highest BCUT2D eigenvalue weighted by atomic mass is 32.2. The lowest BCUT2D eigenvalue weighted by atomic mass is 10.1. The van der Waals surface area contributed by atoms with Gasteiger partial charge in [-0.2, -0.15) is 16.9 Å². The van der Waals surface area contributed by atoms with Gasteiger partial charge in [0, 0.05) is 30.6 Å². The molecule has 1 aromatic heterocycles. The zero-order chi connectivity index (χ0) is 14.4. The summed E-state index contributed by atoms with van der Waals surface area (Å²) >= 11 is 2.04. The minimum atomic E-state index is 0.509. The molecule has 1 heterocycles. The minimum Gasteiger partial charge on any atom is -0.313 e. The van der Waals surface area contributed by atoms with Crippen molar-refractivity contribution in [2.75, 3.05) is 18.1 Å². The molecule has 0 fully saturated rings. The molecule has 4 heteroatoms. The van der Waals surface area contributed by atoms with Crippen molar-refractivity contribution < 1.29 is 0 Å². The van der Waals surface area contributed by atoms with Gasteiger partial charge in [0.25, 0.3) is 0 Å². The number of nitrogens with one attached hydrogen (secondary N) is 1. The fraction of sp³-hybridized carbons (Fsp3) is 0.562. The van der Waals surface area contributed by atoms with E-state index in [-0.39, 0.29) is 0 Å². The second-order valence-corrected chi connectivity index (χ2v) is 6.27. The van der Waals surface area contributed by atoms with Gasteiger partial charge in [-0.3, -0.25) is 4.68 Å². The maximum absolute atomic E-state index is 4.71. The first kappa shape index (κ1) is 15.4. The molecule has 1 atom stereocenters.